The summed E-state index contributed by atoms with van der Waals surface area (Å²) in [6.45, 7) is 15.1. The lowest BCUT2D eigenvalue weighted by atomic mass is 9.86. The van der Waals surface area contributed by atoms with Crippen molar-refractivity contribution in [2.75, 3.05) is 6.61 Å². The molecule has 0 amide bonds. The Kier molecular flexibility index (Phi) is 6.70. The summed E-state index contributed by atoms with van der Waals surface area (Å²) in [5.41, 5.74) is 3.25. The number of ether oxygens (including phenoxy) is 1. The van der Waals surface area contributed by atoms with Crippen molar-refractivity contribution in [2.45, 2.75) is 51.1 Å². The van der Waals surface area contributed by atoms with E-state index in [0.29, 0.717) is 11.8 Å². The van der Waals surface area contributed by atoms with Gasteiger partial charge in [-0.2, -0.15) is 8.78 Å². The Morgan fingerprint density at radius 2 is 1.93 bits per heavy atom. The molecule has 1 heterocycles. The number of dihydropyridines is 1. The number of allylic oxidation sites excluding steroid dienone is 1. The molecule has 28 heavy (non-hydrogen) atoms. The Bertz CT molecular complexity index is 758. The molecule has 2 rings (SSSR count). The second kappa shape index (κ2) is 8.63. The monoisotopic (exact) mass is 388 g/mol. The van der Waals surface area contributed by atoms with Crippen LogP contribution in [0.15, 0.2) is 67.6 Å². The van der Waals surface area contributed by atoms with Crippen molar-refractivity contribution in [3.63, 3.8) is 0 Å². The van der Waals surface area contributed by atoms with Gasteiger partial charge in [0.25, 0.3) is 5.92 Å². The van der Waals surface area contributed by atoms with E-state index in [2.05, 4.69) is 68.8 Å². The van der Waals surface area contributed by atoms with E-state index in [1.54, 1.807) is 12.3 Å². The van der Waals surface area contributed by atoms with Crippen LogP contribution in [-0.4, -0.2) is 24.6 Å². The van der Waals surface area contributed by atoms with Crippen LogP contribution in [0.25, 0.3) is 5.70 Å². The smallest absolute Gasteiger partial charge is 0.299 e. The molecule has 2 atom stereocenters. The topological polar surface area (TPSA) is 33.3 Å². The normalized spacial score (nSPS) is 17.9. The second-order valence-corrected chi connectivity index (χ2v) is 8.09. The van der Waals surface area contributed by atoms with Gasteiger partial charge < -0.3 is 15.4 Å². The summed E-state index contributed by atoms with van der Waals surface area (Å²) in [4.78, 5) is 0. The lowest BCUT2D eigenvalue weighted by Gasteiger charge is -2.27. The SMILES string of the molecule is C=CC(F)(F)COC1=CNC([C@@H](C)NC(=C)c2ccc(C(C)(C)C)cc2)C=C1. The van der Waals surface area contributed by atoms with E-state index in [9.17, 15) is 8.78 Å². The summed E-state index contributed by atoms with van der Waals surface area (Å²) < 4.78 is 31.5. The zero-order valence-electron chi connectivity index (χ0n) is 17.1. The highest BCUT2D eigenvalue weighted by Gasteiger charge is 2.26. The second-order valence-electron chi connectivity index (χ2n) is 8.09. The minimum Gasteiger partial charge on any atom is -0.485 e. The first kappa shape index (κ1) is 21.7. The summed E-state index contributed by atoms with van der Waals surface area (Å²) >= 11 is 0. The minimum atomic E-state index is -3.04. The molecule has 1 aliphatic rings. The number of hydrogen-bond donors (Lipinski definition) is 2. The van der Waals surface area contributed by atoms with Crippen molar-refractivity contribution in [1.29, 1.82) is 0 Å². The Labute approximate surface area is 166 Å². The van der Waals surface area contributed by atoms with E-state index in [4.69, 9.17) is 4.74 Å². The van der Waals surface area contributed by atoms with E-state index >= 15 is 0 Å². The maximum atomic E-state index is 13.2. The number of benzene rings is 1. The fourth-order valence-electron chi connectivity index (χ4n) is 2.74. The van der Waals surface area contributed by atoms with Crippen molar-refractivity contribution in [2.24, 2.45) is 0 Å². The largest absolute Gasteiger partial charge is 0.485 e. The fourth-order valence-corrected chi connectivity index (χ4v) is 2.74. The van der Waals surface area contributed by atoms with Crippen molar-refractivity contribution >= 4 is 5.70 Å². The summed E-state index contributed by atoms with van der Waals surface area (Å²) in [6.07, 6.45) is 5.76. The van der Waals surface area contributed by atoms with E-state index in [0.717, 1.165) is 11.3 Å². The first-order valence-corrected chi connectivity index (χ1v) is 9.37. The molecule has 1 aromatic carbocycles. The average Bonchev–Trinajstić information content (AvgIpc) is 2.66. The minimum absolute atomic E-state index is 0.0159. The lowest BCUT2D eigenvalue weighted by molar-refractivity contribution is -0.0162. The van der Waals surface area contributed by atoms with Gasteiger partial charge in [0.15, 0.2) is 6.61 Å². The van der Waals surface area contributed by atoms with Crippen molar-refractivity contribution in [3.05, 3.63) is 78.7 Å². The average molecular weight is 389 g/mol. The Hall–Kier alpha value is -2.56. The highest BCUT2D eigenvalue weighted by atomic mass is 19.3. The van der Waals surface area contributed by atoms with Crippen LogP contribution in [0.5, 0.6) is 0 Å². The maximum absolute atomic E-state index is 13.2. The molecule has 0 aliphatic carbocycles. The molecule has 0 saturated heterocycles. The van der Waals surface area contributed by atoms with E-state index in [-0.39, 0.29) is 17.5 Å². The Balaban J connectivity index is 1.88. The molecular formula is C23H30F2N2O. The van der Waals surface area contributed by atoms with Crippen LogP contribution in [0.4, 0.5) is 8.78 Å². The molecule has 3 nitrogen and oxygen atoms in total. The van der Waals surface area contributed by atoms with Gasteiger partial charge in [-0.3, -0.25) is 0 Å². The summed E-state index contributed by atoms with van der Waals surface area (Å²) in [5, 5.41) is 6.55. The summed E-state index contributed by atoms with van der Waals surface area (Å²) in [6, 6.07) is 8.40. The quantitative estimate of drug-likeness (QED) is 0.605. The van der Waals surface area contributed by atoms with Gasteiger partial charge in [0.05, 0.1) is 6.04 Å². The third-order valence-corrected chi connectivity index (χ3v) is 4.66. The first-order chi connectivity index (χ1) is 13.0. The number of halogens is 2. The van der Waals surface area contributed by atoms with Crippen molar-refractivity contribution in [3.8, 4) is 0 Å². The predicted octanol–water partition coefficient (Wildman–Crippen LogP) is 5.14. The molecule has 0 spiro atoms. The molecular weight excluding hydrogens is 358 g/mol. The van der Waals surface area contributed by atoms with Crippen molar-refractivity contribution in [1.82, 2.24) is 10.6 Å². The molecule has 0 bridgehead atoms. The third-order valence-electron chi connectivity index (χ3n) is 4.66. The molecule has 0 saturated carbocycles. The number of hydrogen-bond acceptors (Lipinski definition) is 3. The molecule has 0 fully saturated rings. The first-order valence-electron chi connectivity index (χ1n) is 9.37. The van der Waals surface area contributed by atoms with Crippen LogP contribution in [0, 0.1) is 0 Å². The van der Waals surface area contributed by atoms with Gasteiger partial charge in [-0.25, -0.2) is 0 Å². The van der Waals surface area contributed by atoms with Gasteiger partial charge in [-0.1, -0.05) is 64.3 Å². The van der Waals surface area contributed by atoms with Crippen LogP contribution < -0.4 is 10.6 Å². The third kappa shape index (κ3) is 5.98. The summed E-state index contributed by atoms with van der Waals surface area (Å²) in [7, 11) is 0. The predicted molar refractivity (Wildman–Crippen MR) is 112 cm³/mol. The van der Waals surface area contributed by atoms with Gasteiger partial charge in [0.1, 0.15) is 5.76 Å². The highest BCUT2D eigenvalue weighted by molar-refractivity contribution is 5.62. The molecule has 152 valence electrons. The number of nitrogens with one attached hydrogen (secondary N) is 2. The fraction of sp³-hybridized carbons (Fsp3) is 0.391. The molecule has 0 aromatic heterocycles. The zero-order chi connectivity index (χ0) is 20.9. The molecule has 1 unspecified atom stereocenters. The van der Waals surface area contributed by atoms with E-state index < -0.39 is 12.5 Å². The van der Waals surface area contributed by atoms with Gasteiger partial charge in [0.2, 0.25) is 0 Å². The van der Waals surface area contributed by atoms with Crippen molar-refractivity contribution < 1.29 is 13.5 Å². The van der Waals surface area contributed by atoms with Crippen LogP contribution in [0.1, 0.15) is 38.8 Å². The van der Waals surface area contributed by atoms with E-state index in [1.165, 1.54) is 5.56 Å². The van der Waals surface area contributed by atoms with Gasteiger partial charge >= 0.3 is 0 Å². The lowest BCUT2D eigenvalue weighted by Crippen LogP contribution is -2.43. The zero-order valence-corrected chi connectivity index (χ0v) is 17.1. The molecule has 0 radical (unpaired) electrons. The van der Waals surface area contributed by atoms with Crippen LogP contribution in [0.2, 0.25) is 0 Å². The Morgan fingerprint density at radius 1 is 1.29 bits per heavy atom. The summed E-state index contributed by atoms with van der Waals surface area (Å²) in [5.74, 6) is -2.68. The molecule has 1 aliphatic heterocycles. The molecule has 1 aromatic rings. The Morgan fingerprint density at radius 3 is 2.43 bits per heavy atom. The van der Waals surface area contributed by atoms with Gasteiger partial charge in [0, 0.05) is 17.9 Å². The molecule has 2 N–H and O–H groups in total. The van der Waals surface area contributed by atoms with Gasteiger partial charge in [-0.05, 0) is 35.6 Å². The number of rotatable bonds is 8. The van der Waals surface area contributed by atoms with E-state index in [1.807, 2.05) is 13.0 Å². The molecule has 5 heteroatoms. The van der Waals surface area contributed by atoms with Crippen LogP contribution in [-0.2, 0) is 10.2 Å². The highest BCUT2D eigenvalue weighted by Crippen LogP contribution is 2.24. The standard InChI is InChI=1S/C23H30F2N2O/c1-7-23(24,25)15-28-20-12-13-21(26-14-20)17(3)27-16(2)18-8-10-19(11-9-18)22(4,5)6/h7-14,17,21,26-27H,1-2,15H2,3-6H3/t17-,21?/m1/s1. The van der Waals surface area contributed by atoms with Crippen LogP contribution >= 0.6 is 0 Å². The maximum Gasteiger partial charge on any atom is 0.299 e. The number of alkyl halides is 2. The van der Waals surface area contributed by atoms with Crippen LogP contribution in [0.3, 0.4) is 0 Å². The van der Waals surface area contributed by atoms with Gasteiger partial charge in [-0.15, -0.1) is 0 Å².